The van der Waals surface area contributed by atoms with Crippen LogP contribution in [0.5, 0.6) is 0 Å². The lowest BCUT2D eigenvalue weighted by atomic mass is 10.1. The van der Waals surface area contributed by atoms with E-state index in [1.807, 2.05) is 6.26 Å². The summed E-state index contributed by atoms with van der Waals surface area (Å²) in [6.45, 7) is 1.82. The largest absolute Gasteiger partial charge is 0.322 e. The lowest BCUT2D eigenvalue weighted by Gasteiger charge is -2.28. The highest BCUT2D eigenvalue weighted by Gasteiger charge is 2.46. The molecule has 0 bridgehead atoms. The maximum absolute atomic E-state index is 12.7. The highest BCUT2D eigenvalue weighted by atomic mass is 32.2. The number of carbonyl (C=O) groups is 2. The monoisotopic (exact) mass is 421 g/mol. The van der Waals surface area contributed by atoms with Crippen LogP contribution in [-0.2, 0) is 14.8 Å². The Labute approximate surface area is 167 Å². The molecule has 3 amide bonds. The SMILES string of the molecule is CSc1ncc(C#CC2=CCN(S(=O)(=O)CC3(C)NC(=O)NC3=O)CC2)cn1. The highest BCUT2D eigenvalue weighted by Crippen LogP contribution is 2.19. The number of imide groups is 1. The van der Waals surface area contributed by atoms with Crippen molar-refractivity contribution in [2.24, 2.45) is 0 Å². The number of rotatable bonds is 4. The summed E-state index contributed by atoms with van der Waals surface area (Å²) in [5.74, 6) is 4.86. The van der Waals surface area contributed by atoms with E-state index in [0.717, 1.165) is 5.57 Å². The van der Waals surface area contributed by atoms with Gasteiger partial charge in [0, 0.05) is 31.1 Å². The molecule has 2 N–H and O–H groups in total. The fourth-order valence-electron chi connectivity index (χ4n) is 2.79. The van der Waals surface area contributed by atoms with Gasteiger partial charge in [-0.3, -0.25) is 10.1 Å². The molecule has 0 saturated carbocycles. The van der Waals surface area contributed by atoms with Gasteiger partial charge < -0.3 is 5.32 Å². The Kier molecular flexibility index (Phi) is 5.74. The smallest absolute Gasteiger partial charge is 0.322 e. The molecule has 148 valence electrons. The number of amides is 3. The van der Waals surface area contributed by atoms with E-state index in [4.69, 9.17) is 0 Å². The van der Waals surface area contributed by atoms with E-state index in [1.54, 1.807) is 18.5 Å². The molecule has 11 heteroatoms. The molecule has 2 aliphatic heterocycles. The summed E-state index contributed by atoms with van der Waals surface area (Å²) >= 11 is 1.44. The summed E-state index contributed by atoms with van der Waals surface area (Å²) in [4.78, 5) is 31.5. The minimum Gasteiger partial charge on any atom is -0.322 e. The number of nitrogens with zero attached hydrogens (tertiary/aromatic N) is 3. The quantitative estimate of drug-likeness (QED) is 0.306. The molecular formula is C17H19N5O4S2. The van der Waals surface area contributed by atoms with Crippen molar-refractivity contribution >= 4 is 33.7 Å². The molecular weight excluding hydrogens is 402 g/mol. The van der Waals surface area contributed by atoms with Crippen molar-refractivity contribution in [3.05, 3.63) is 29.6 Å². The Morgan fingerprint density at radius 2 is 2.00 bits per heavy atom. The average molecular weight is 422 g/mol. The first-order chi connectivity index (χ1) is 13.2. The molecule has 1 atom stereocenters. The Balaban J connectivity index is 1.65. The van der Waals surface area contributed by atoms with Gasteiger partial charge >= 0.3 is 6.03 Å². The average Bonchev–Trinajstić information content (AvgIpc) is 2.91. The minimum absolute atomic E-state index is 0.167. The maximum atomic E-state index is 12.7. The second kappa shape index (κ2) is 7.90. The number of hydrogen-bond donors (Lipinski definition) is 2. The standard InChI is InChI=1S/C17H19N5O4S2/c1-17(14(23)20-15(24)21-17)11-28(25,26)22-7-5-12(6-8-22)3-4-13-9-18-16(27-2)19-10-13/h5,9-10H,6-8,11H2,1-2H3,(H2,20,21,23,24). The molecule has 3 heterocycles. The summed E-state index contributed by atoms with van der Waals surface area (Å²) in [7, 11) is -3.74. The van der Waals surface area contributed by atoms with E-state index < -0.39 is 33.3 Å². The first-order valence-corrected chi connectivity index (χ1v) is 11.2. The van der Waals surface area contributed by atoms with Crippen LogP contribution in [0.2, 0.25) is 0 Å². The third-order valence-electron chi connectivity index (χ3n) is 4.33. The van der Waals surface area contributed by atoms with Gasteiger partial charge in [0.2, 0.25) is 10.0 Å². The first kappa shape index (κ1) is 20.3. The second-order valence-corrected chi connectivity index (χ2v) is 9.28. The molecule has 3 rings (SSSR count). The van der Waals surface area contributed by atoms with Crippen LogP contribution < -0.4 is 10.6 Å². The number of hydrogen-bond acceptors (Lipinski definition) is 7. The molecule has 0 radical (unpaired) electrons. The summed E-state index contributed by atoms with van der Waals surface area (Å²) in [5.41, 5.74) is 0.0472. The van der Waals surface area contributed by atoms with Crippen LogP contribution in [0.1, 0.15) is 18.9 Å². The zero-order chi connectivity index (χ0) is 20.4. The van der Waals surface area contributed by atoms with Crippen LogP contribution in [0.4, 0.5) is 4.79 Å². The Morgan fingerprint density at radius 3 is 2.54 bits per heavy atom. The first-order valence-electron chi connectivity index (χ1n) is 8.40. The van der Waals surface area contributed by atoms with Gasteiger partial charge in [-0.05, 0) is 19.6 Å². The third-order valence-corrected chi connectivity index (χ3v) is 6.97. The van der Waals surface area contributed by atoms with E-state index in [1.165, 1.54) is 23.0 Å². The summed E-state index contributed by atoms with van der Waals surface area (Å²) < 4.78 is 26.6. The van der Waals surface area contributed by atoms with Crippen molar-refractivity contribution in [3.8, 4) is 11.8 Å². The van der Waals surface area contributed by atoms with Gasteiger partial charge in [0.25, 0.3) is 5.91 Å². The van der Waals surface area contributed by atoms with Gasteiger partial charge in [-0.15, -0.1) is 0 Å². The molecule has 28 heavy (non-hydrogen) atoms. The molecule has 9 nitrogen and oxygen atoms in total. The predicted octanol–water partition coefficient (Wildman–Crippen LogP) is 0.110. The van der Waals surface area contributed by atoms with E-state index >= 15 is 0 Å². The van der Waals surface area contributed by atoms with Crippen LogP contribution in [-0.4, -0.2) is 65.3 Å². The lowest BCUT2D eigenvalue weighted by molar-refractivity contribution is -0.122. The molecule has 1 fully saturated rings. The van der Waals surface area contributed by atoms with Gasteiger partial charge in [0.1, 0.15) is 5.54 Å². The number of urea groups is 1. The van der Waals surface area contributed by atoms with Gasteiger partial charge in [0.05, 0.1) is 11.3 Å². The molecule has 1 aromatic rings. The third kappa shape index (κ3) is 4.52. The second-order valence-electron chi connectivity index (χ2n) is 6.54. The summed E-state index contributed by atoms with van der Waals surface area (Å²) in [6, 6.07) is -0.687. The predicted molar refractivity (Wildman–Crippen MR) is 104 cm³/mol. The molecule has 2 aliphatic rings. The number of nitrogens with one attached hydrogen (secondary N) is 2. The fourth-order valence-corrected chi connectivity index (χ4v) is 4.90. The molecule has 0 spiro atoms. The normalized spacial score (nSPS) is 22.7. The molecule has 0 aromatic carbocycles. The molecule has 1 aromatic heterocycles. The van der Waals surface area contributed by atoms with Crippen LogP contribution in [0.3, 0.4) is 0 Å². The zero-order valence-electron chi connectivity index (χ0n) is 15.4. The topological polar surface area (TPSA) is 121 Å². The van der Waals surface area contributed by atoms with E-state index in [2.05, 4.69) is 32.4 Å². The van der Waals surface area contributed by atoms with E-state index in [0.29, 0.717) is 17.1 Å². The van der Waals surface area contributed by atoms with Crippen molar-refractivity contribution < 1.29 is 18.0 Å². The van der Waals surface area contributed by atoms with Crippen LogP contribution in [0, 0.1) is 11.8 Å². The van der Waals surface area contributed by atoms with Crippen molar-refractivity contribution in [1.82, 2.24) is 24.9 Å². The fraction of sp³-hybridized carbons (Fsp3) is 0.412. The number of sulfonamides is 1. The van der Waals surface area contributed by atoms with Crippen molar-refractivity contribution in [2.45, 2.75) is 24.0 Å². The molecule has 0 aliphatic carbocycles. The van der Waals surface area contributed by atoms with Crippen molar-refractivity contribution in [1.29, 1.82) is 0 Å². The summed E-state index contributed by atoms with van der Waals surface area (Å²) in [6.07, 6.45) is 7.40. The Hall–Kier alpha value is -2.42. The number of aromatic nitrogens is 2. The van der Waals surface area contributed by atoms with E-state index in [9.17, 15) is 18.0 Å². The van der Waals surface area contributed by atoms with Gasteiger partial charge in [-0.1, -0.05) is 29.7 Å². The van der Waals surface area contributed by atoms with Gasteiger partial charge in [0.15, 0.2) is 5.16 Å². The van der Waals surface area contributed by atoms with Crippen LogP contribution in [0.25, 0.3) is 0 Å². The number of carbonyl (C=O) groups excluding carboxylic acids is 2. The van der Waals surface area contributed by atoms with Gasteiger partial charge in [-0.2, -0.15) is 4.31 Å². The number of thioether (sulfide) groups is 1. The Bertz CT molecular complexity index is 995. The maximum Gasteiger partial charge on any atom is 0.322 e. The van der Waals surface area contributed by atoms with Crippen molar-refractivity contribution in [2.75, 3.05) is 25.1 Å². The summed E-state index contributed by atoms with van der Waals surface area (Å²) in [5, 5.41) is 5.11. The van der Waals surface area contributed by atoms with Gasteiger partial charge in [-0.25, -0.2) is 23.2 Å². The zero-order valence-corrected chi connectivity index (χ0v) is 17.0. The molecule has 1 unspecified atom stereocenters. The van der Waals surface area contributed by atoms with E-state index in [-0.39, 0.29) is 13.1 Å². The van der Waals surface area contributed by atoms with Crippen molar-refractivity contribution in [3.63, 3.8) is 0 Å². The molecule has 1 saturated heterocycles. The van der Waals surface area contributed by atoms with Crippen LogP contribution in [0.15, 0.2) is 29.2 Å². The lowest BCUT2D eigenvalue weighted by Crippen LogP contribution is -2.52. The Morgan fingerprint density at radius 1 is 1.29 bits per heavy atom. The highest BCUT2D eigenvalue weighted by molar-refractivity contribution is 7.98. The van der Waals surface area contributed by atoms with Crippen LogP contribution >= 0.6 is 11.8 Å². The minimum atomic E-state index is -3.74.